The van der Waals surface area contributed by atoms with Crippen LogP contribution in [-0.4, -0.2) is 63.4 Å². The summed E-state index contributed by atoms with van der Waals surface area (Å²) in [6.07, 6.45) is -2.34. The van der Waals surface area contributed by atoms with Gasteiger partial charge in [-0.25, -0.2) is 9.78 Å². The Hall–Kier alpha value is -4.23. The smallest absolute Gasteiger partial charge is 0.417 e. The number of alkyl halides is 3. The summed E-state index contributed by atoms with van der Waals surface area (Å²) in [5, 5.41) is 10.8. The Kier molecular flexibility index (Phi) is 10.0. The first-order valence-electron chi connectivity index (χ1n) is 15.8. The lowest BCUT2D eigenvalue weighted by molar-refractivity contribution is -0.159. The van der Waals surface area contributed by atoms with Crippen molar-refractivity contribution >= 4 is 11.9 Å². The number of hydrogen-bond donors (Lipinski definition) is 1. The van der Waals surface area contributed by atoms with Crippen LogP contribution in [-0.2, 0) is 38.9 Å². The molecule has 1 N–H and O–H groups in total. The van der Waals surface area contributed by atoms with Crippen LogP contribution in [0.3, 0.4) is 0 Å². The fourth-order valence-electron chi connectivity index (χ4n) is 6.91. The average molecular weight is 672 g/mol. The molecule has 0 radical (unpaired) electrons. The van der Waals surface area contributed by atoms with E-state index in [1.165, 1.54) is 22.6 Å². The number of likely N-dealkylation sites (tertiary alicyclic amines) is 1. The number of aliphatic carboxylic acids is 1. The summed E-state index contributed by atoms with van der Waals surface area (Å²) in [7, 11) is 2.89. The minimum absolute atomic E-state index is 0.0114. The molecule has 258 valence electrons. The van der Waals surface area contributed by atoms with E-state index in [4.69, 9.17) is 14.2 Å². The van der Waals surface area contributed by atoms with Crippen molar-refractivity contribution in [2.24, 2.45) is 18.4 Å². The molecule has 0 aliphatic carbocycles. The average Bonchev–Trinajstić information content (AvgIpc) is 3.40. The van der Waals surface area contributed by atoms with E-state index in [2.05, 4.69) is 4.98 Å². The van der Waals surface area contributed by atoms with Gasteiger partial charge in [0.2, 0.25) is 11.4 Å². The molecule has 2 aliphatic rings. The molecule has 13 heteroatoms. The SMILES string of the molecule is COc1ncc(C(F)(F)F)cc1CO[C@H]1[C@H](C(C)(C)C)[C@@H](C(=O)O)N(C(=O)[C@@H]2CCCCO2)[C@H]1c1ccccc1-c1ccc(=O)n(C)c1. The highest BCUT2D eigenvalue weighted by atomic mass is 19.4. The number of ether oxygens (including phenoxy) is 3. The van der Waals surface area contributed by atoms with Crippen molar-refractivity contribution in [3.63, 3.8) is 0 Å². The Bertz CT molecular complexity index is 1710. The van der Waals surface area contributed by atoms with Gasteiger partial charge in [0.05, 0.1) is 31.4 Å². The Balaban J connectivity index is 1.71. The molecular formula is C35H40F3N3O7. The standard InChI is InChI=1S/C35H40F3N3O7/c1-34(2,3)27-29(33(44)45)41(32(43)25-12-8-9-15-47-25)28(24-11-7-6-10-23(24)20-13-14-26(42)40(4)18-20)30(27)48-19-21-16-22(35(36,37)38)17-39-31(21)46-5/h6-7,10-11,13-14,16-18,25,27-30H,8-9,12,15,19H2,1-5H3,(H,44,45)/t25-,27+,28-,29-,30-/m0/s1. The van der Waals surface area contributed by atoms with E-state index in [0.29, 0.717) is 35.9 Å². The number of carbonyl (C=O) groups excluding carboxylic acids is 1. The predicted molar refractivity (Wildman–Crippen MR) is 169 cm³/mol. The summed E-state index contributed by atoms with van der Waals surface area (Å²) >= 11 is 0. The molecule has 10 nitrogen and oxygen atoms in total. The van der Waals surface area contributed by atoms with Crippen LogP contribution in [0, 0.1) is 11.3 Å². The first-order valence-corrected chi connectivity index (χ1v) is 15.8. The molecule has 0 unspecified atom stereocenters. The molecule has 1 aromatic carbocycles. The first kappa shape index (κ1) is 35.1. The Morgan fingerprint density at radius 2 is 1.83 bits per heavy atom. The number of aryl methyl sites for hydroxylation is 1. The number of pyridine rings is 2. The van der Waals surface area contributed by atoms with Gasteiger partial charge in [-0.15, -0.1) is 0 Å². The van der Waals surface area contributed by atoms with E-state index in [9.17, 15) is 32.7 Å². The summed E-state index contributed by atoms with van der Waals surface area (Å²) in [6, 6.07) is 8.73. The molecule has 0 bridgehead atoms. The number of nitrogens with zero attached hydrogens (tertiary/aromatic N) is 3. The molecule has 48 heavy (non-hydrogen) atoms. The normalized spacial score (nSPS) is 23.2. The highest BCUT2D eigenvalue weighted by Gasteiger charge is 2.60. The van der Waals surface area contributed by atoms with Gasteiger partial charge in [0.1, 0.15) is 12.1 Å². The third kappa shape index (κ3) is 6.98. The number of aromatic nitrogens is 2. The van der Waals surface area contributed by atoms with Gasteiger partial charge in [-0.1, -0.05) is 45.0 Å². The van der Waals surface area contributed by atoms with E-state index in [1.807, 2.05) is 26.8 Å². The van der Waals surface area contributed by atoms with Crippen molar-refractivity contribution in [2.75, 3.05) is 13.7 Å². The molecule has 3 aromatic rings. The zero-order valence-corrected chi connectivity index (χ0v) is 27.5. The molecular weight excluding hydrogens is 631 g/mol. The van der Waals surface area contributed by atoms with Crippen LogP contribution in [0.15, 0.2) is 59.7 Å². The first-order chi connectivity index (χ1) is 22.6. The van der Waals surface area contributed by atoms with Crippen molar-refractivity contribution in [2.45, 2.75) is 77.1 Å². The van der Waals surface area contributed by atoms with Crippen molar-refractivity contribution < 1.29 is 42.1 Å². The van der Waals surface area contributed by atoms with Gasteiger partial charge in [-0.3, -0.25) is 9.59 Å². The maximum Gasteiger partial charge on any atom is 0.417 e. The second-order valence-corrected chi connectivity index (χ2v) is 13.3. The number of methoxy groups -OCH3 is 1. The second kappa shape index (κ2) is 13.7. The molecule has 5 atom stereocenters. The summed E-state index contributed by atoms with van der Waals surface area (Å²) in [4.78, 5) is 45.2. The highest BCUT2D eigenvalue weighted by molar-refractivity contribution is 5.88. The van der Waals surface area contributed by atoms with E-state index < -0.39 is 65.8 Å². The van der Waals surface area contributed by atoms with Gasteiger partial charge >= 0.3 is 12.1 Å². The van der Waals surface area contributed by atoms with Crippen molar-refractivity contribution in [3.05, 3.63) is 81.9 Å². The van der Waals surface area contributed by atoms with Crippen LogP contribution < -0.4 is 10.3 Å². The predicted octanol–water partition coefficient (Wildman–Crippen LogP) is 5.63. The number of rotatable bonds is 8. The highest BCUT2D eigenvalue weighted by Crippen LogP contribution is 2.52. The van der Waals surface area contributed by atoms with Crippen LogP contribution >= 0.6 is 0 Å². The van der Waals surface area contributed by atoms with Crippen LogP contribution in [0.5, 0.6) is 5.88 Å². The second-order valence-electron chi connectivity index (χ2n) is 13.3. The molecule has 2 saturated heterocycles. The van der Waals surface area contributed by atoms with Crippen molar-refractivity contribution in [1.29, 1.82) is 0 Å². The Morgan fingerprint density at radius 1 is 1.10 bits per heavy atom. The lowest BCUT2D eigenvalue weighted by Crippen LogP contribution is -2.51. The minimum Gasteiger partial charge on any atom is -0.481 e. The summed E-state index contributed by atoms with van der Waals surface area (Å²) in [5.41, 5.74) is -0.154. The molecule has 2 aromatic heterocycles. The van der Waals surface area contributed by atoms with Crippen LogP contribution in [0.1, 0.15) is 62.8 Å². The van der Waals surface area contributed by atoms with E-state index >= 15 is 0 Å². The molecule has 2 fully saturated rings. The summed E-state index contributed by atoms with van der Waals surface area (Å²) in [6.45, 7) is 5.47. The van der Waals surface area contributed by atoms with E-state index in [0.717, 1.165) is 18.9 Å². The Labute approximate surface area is 276 Å². The zero-order chi connectivity index (χ0) is 35.0. The lowest BCUT2D eigenvalue weighted by atomic mass is 9.73. The maximum atomic E-state index is 14.5. The number of carbonyl (C=O) groups is 2. The van der Waals surface area contributed by atoms with Gasteiger partial charge in [0.25, 0.3) is 5.91 Å². The van der Waals surface area contributed by atoms with Crippen LogP contribution in [0.25, 0.3) is 11.1 Å². The summed E-state index contributed by atoms with van der Waals surface area (Å²) in [5.74, 6) is -2.65. The number of halogens is 3. The number of benzene rings is 1. The molecule has 2 aliphatic heterocycles. The van der Waals surface area contributed by atoms with E-state index in [-0.39, 0.29) is 17.0 Å². The molecule has 0 saturated carbocycles. The van der Waals surface area contributed by atoms with Crippen LogP contribution in [0.2, 0.25) is 0 Å². The fourth-order valence-corrected chi connectivity index (χ4v) is 6.91. The molecule has 1 amide bonds. The number of hydrogen-bond acceptors (Lipinski definition) is 7. The van der Waals surface area contributed by atoms with E-state index in [1.54, 1.807) is 37.5 Å². The van der Waals surface area contributed by atoms with Crippen molar-refractivity contribution in [3.8, 4) is 17.0 Å². The Morgan fingerprint density at radius 3 is 2.44 bits per heavy atom. The van der Waals surface area contributed by atoms with Gasteiger partial charge in [-0.05, 0) is 53.5 Å². The monoisotopic (exact) mass is 671 g/mol. The zero-order valence-electron chi connectivity index (χ0n) is 27.5. The largest absolute Gasteiger partial charge is 0.481 e. The topological polar surface area (TPSA) is 120 Å². The lowest BCUT2D eigenvalue weighted by Gasteiger charge is -2.35. The molecule has 5 rings (SSSR count). The quantitative estimate of drug-likeness (QED) is 0.328. The molecule has 4 heterocycles. The van der Waals surface area contributed by atoms with Gasteiger partial charge in [0.15, 0.2) is 0 Å². The summed E-state index contributed by atoms with van der Waals surface area (Å²) < 4.78 is 60.2. The number of carboxylic acid groups (broad SMARTS) is 1. The van der Waals surface area contributed by atoms with Gasteiger partial charge in [-0.2, -0.15) is 13.2 Å². The van der Waals surface area contributed by atoms with Crippen molar-refractivity contribution in [1.82, 2.24) is 14.5 Å². The third-order valence-electron chi connectivity index (χ3n) is 9.12. The van der Waals surface area contributed by atoms with Crippen LogP contribution in [0.4, 0.5) is 13.2 Å². The third-order valence-corrected chi connectivity index (χ3v) is 9.12. The van der Waals surface area contributed by atoms with Gasteiger partial charge in [0, 0.05) is 43.6 Å². The number of amides is 1. The number of carboxylic acids is 1. The van der Waals surface area contributed by atoms with Gasteiger partial charge < -0.3 is 28.8 Å². The molecule has 0 spiro atoms. The maximum absolute atomic E-state index is 14.5. The fraction of sp³-hybridized carbons (Fsp3) is 0.486. The minimum atomic E-state index is -4.68.